The number of nitriles is 1. The first-order chi connectivity index (χ1) is 8.67. The average molecular weight is 248 g/mol. The molecule has 0 amide bonds. The fourth-order valence-electron chi connectivity index (χ4n) is 1.58. The second-order valence-electron chi connectivity index (χ2n) is 4.31. The minimum absolute atomic E-state index is 0.255. The number of fused-ring (bicyclic) bond motifs is 1. The van der Waals surface area contributed by atoms with Crippen LogP contribution < -0.4 is 19.5 Å². The molecule has 0 radical (unpaired) electrons. The van der Waals surface area contributed by atoms with E-state index in [1.807, 2.05) is 19.1 Å². The maximum Gasteiger partial charge on any atom is 0.231 e. The van der Waals surface area contributed by atoms with Crippen molar-refractivity contribution in [3.8, 4) is 23.3 Å². The fourth-order valence-corrected chi connectivity index (χ4v) is 1.58. The summed E-state index contributed by atoms with van der Waals surface area (Å²) in [4.78, 5) is 0. The van der Waals surface area contributed by atoms with Crippen LogP contribution in [0.4, 0.5) is 0 Å². The molecule has 1 atom stereocenters. The number of rotatable bonds is 5. The van der Waals surface area contributed by atoms with Crippen molar-refractivity contribution in [1.29, 1.82) is 5.26 Å². The van der Waals surface area contributed by atoms with Gasteiger partial charge >= 0.3 is 0 Å². The molecule has 0 aromatic heterocycles. The fraction of sp³-hybridized carbons (Fsp3) is 0.462. The van der Waals surface area contributed by atoms with Gasteiger partial charge in [0.1, 0.15) is 11.3 Å². The van der Waals surface area contributed by atoms with Crippen LogP contribution in [0.5, 0.6) is 17.2 Å². The van der Waals surface area contributed by atoms with E-state index in [9.17, 15) is 0 Å². The molecular weight excluding hydrogens is 232 g/mol. The molecule has 1 aliphatic rings. The Labute approximate surface area is 106 Å². The van der Waals surface area contributed by atoms with Crippen LogP contribution in [0.2, 0.25) is 0 Å². The summed E-state index contributed by atoms with van der Waals surface area (Å²) in [6.45, 7) is 2.56. The topological polar surface area (TPSA) is 63.5 Å². The van der Waals surface area contributed by atoms with Gasteiger partial charge in [-0.2, -0.15) is 5.26 Å². The van der Waals surface area contributed by atoms with Crippen molar-refractivity contribution in [2.75, 3.05) is 20.4 Å². The number of ether oxygens (including phenoxy) is 3. The summed E-state index contributed by atoms with van der Waals surface area (Å²) in [5.74, 6) is 2.15. The zero-order valence-electron chi connectivity index (χ0n) is 10.5. The van der Waals surface area contributed by atoms with Crippen LogP contribution >= 0.6 is 0 Å². The van der Waals surface area contributed by atoms with E-state index < -0.39 is 5.54 Å². The first kappa shape index (κ1) is 12.5. The molecule has 5 nitrogen and oxygen atoms in total. The van der Waals surface area contributed by atoms with Crippen molar-refractivity contribution in [3.63, 3.8) is 0 Å². The number of benzene rings is 1. The molecule has 0 aliphatic carbocycles. The highest BCUT2D eigenvalue weighted by Crippen LogP contribution is 2.35. The smallest absolute Gasteiger partial charge is 0.231 e. The monoisotopic (exact) mass is 248 g/mol. The third-order valence-corrected chi connectivity index (χ3v) is 3.01. The Morgan fingerprint density at radius 2 is 2.22 bits per heavy atom. The van der Waals surface area contributed by atoms with Crippen molar-refractivity contribution in [1.82, 2.24) is 5.32 Å². The van der Waals surface area contributed by atoms with E-state index in [0.717, 1.165) is 11.5 Å². The van der Waals surface area contributed by atoms with Crippen molar-refractivity contribution < 1.29 is 14.2 Å². The number of nitrogens with zero attached hydrogens (tertiary/aromatic N) is 1. The minimum atomic E-state index is -0.559. The summed E-state index contributed by atoms with van der Waals surface area (Å²) in [6, 6.07) is 7.67. The van der Waals surface area contributed by atoms with Crippen LogP contribution in [0.1, 0.15) is 13.3 Å². The molecule has 1 aromatic rings. The number of nitrogens with one attached hydrogen (secondary N) is 1. The molecule has 96 valence electrons. The highest BCUT2D eigenvalue weighted by molar-refractivity contribution is 5.46. The standard InChI is InChI=1S/C13H16N2O3/c1-13(8-14,15-2)5-6-16-10-3-4-11-12(7-10)18-9-17-11/h3-4,7,15H,5-6,9H2,1-2H3. The van der Waals surface area contributed by atoms with Crippen LogP contribution in [0, 0.1) is 11.3 Å². The van der Waals surface area contributed by atoms with Gasteiger partial charge in [0, 0.05) is 12.5 Å². The maximum absolute atomic E-state index is 9.00. The summed E-state index contributed by atoms with van der Waals surface area (Å²) in [5, 5.41) is 12.0. The molecule has 1 N–H and O–H groups in total. The van der Waals surface area contributed by atoms with E-state index in [4.69, 9.17) is 19.5 Å². The second kappa shape index (κ2) is 5.15. The molecule has 1 unspecified atom stereocenters. The van der Waals surface area contributed by atoms with Crippen molar-refractivity contribution in [2.24, 2.45) is 0 Å². The largest absolute Gasteiger partial charge is 0.493 e. The van der Waals surface area contributed by atoms with Gasteiger partial charge in [-0.15, -0.1) is 0 Å². The molecule has 0 saturated carbocycles. The first-order valence-corrected chi connectivity index (χ1v) is 5.79. The van der Waals surface area contributed by atoms with E-state index in [0.29, 0.717) is 18.8 Å². The molecular formula is C13H16N2O3. The van der Waals surface area contributed by atoms with Crippen molar-refractivity contribution in [2.45, 2.75) is 18.9 Å². The van der Waals surface area contributed by atoms with Crippen LogP contribution in [0.25, 0.3) is 0 Å². The van der Waals surface area contributed by atoms with Crippen LogP contribution in [0.3, 0.4) is 0 Å². The lowest BCUT2D eigenvalue weighted by Gasteiger charge is -2.20. The van der Waals surface area contributed by atoms with Gasteiger partial charge in [0.05, 0.1) is 12.7 Å². The molecule has 1 aromatic carbocycles. The summed E-state index contributed by atoms with van der Waals surface area (Å²) >= 11 is 0. The molecule has 0 bridgehead atoms. The Morgan fingerprint density at radius 1 is 1.44 bits per heavy atom. The Kier molecular flexibility index (Phi) is 3.58. The Morgan fingerprint density at radius 3 is 2.94 bits per heavy atom. The molecule has 0 fully saturated rings. The Hall–Kier alpha value is -1.93. The van der Waals surface area contributed by atoms with Gasteiger partial charge in [-0.25, -0.2) is 0 Å². The highest BCUT2D eigenvalue weighted by Gasteiger charge is 2.21. The lowest BCUT2D eigenvalue weighted by molar-refractivity contribution is 0.173. The van der Waals surface area contributed by atoms with E-state index in [1.54, 1.807) is 13.1 Å². The Bertz CT molecular complexity index is 470. The molecule has 0 saturated heterocycles. The summed E-state index contributed by atoms with van der Waals surface area (Å²) < 4.78 is 16.1. The van der Waals surface area contributed by atoms with Crippen LogP contribution in [-0.4, -0.2) is 26.0 Å². The lowest BCUT2D eigenvalue weighted by atomic mass is 10.0. The predicted molar refractivity (Wildman–Crippen MR) is 65.8 cm³/mol. The highest BCUT2D eigenvalue weighted by atomic mass is 16.7. The van der Waals surface area contributed by atoms with Gasteiger partial charge in [-0.3, -0.25) is 0 Å². The number of hydrogen-bond acceptors (Lipinski definition) is 5. The first-order valence-electron chi connectivity index (χ1n) is 5.79. The van der Waals surface area contributed by atoms with Crippen molar-refractivity contribution in [3.05, 3.63) is 18.2 Å². The van der Waals surface area contributed by atoms with Gasteiger partial charge in [0.25, 0.3) is 0 Å². The van der Waals surface area contributed by atoms with E-state index in [-0.39, 0.29) is 6.79 Å². The summed E-state index contributed by atoms with van der Waals surface area (Å²) in [6.07, 6.45) is 0.606. The second-order valence-corrected chi connectivity index (χ2v) is 4.31. The molecule has 1 heterocycles. The predicted octanol–water partition coefficient (Wildman–Crippen LogP) is 1.69. The molecule has 0 spiro atoms. The van der Waals surface area contributed by atoms with Crippen LogP contribution in [0.15, 0.2) is 18.2 Å². The van der Waals surface area contributed by atoms with Gasteiger partial charge < -0.3 is 19.5 Å². The van der Waals surface area contributed by atoms with Gasteiger partial charge in [-0.1, -0.05) is 0 Å². The zero-order chi connectivity index (χ0) is 13.0. The number of hydrogen-bond donors (Lipinski definition) is 1. The normalized spacial score (nSPS) is 15.8. The molecule has 1 aliphatic heterocycles. The summed E-state index contributed by atoms with van der Waals surface area (Å²) in [5.41, 5.74) is -0.559. The van der Waals surface area contributed by atoms with Crippen molar-refractivity contribution >= 4 is 0 Å². The molecule has 5 heteroatoms. The van der Waals surface area contributed by atoms with Gasteiger partial charge in [-0.05, 0) is 26.1 Å². The third kappa shape index (κ3) is 2.66. The maximum atomic E-state index is 9.00. The zero-order valence-corrected chi connectivity index (χ0v) is 10.5. The summed E-state index contributed by atoms with van der Waals surface area (Å²) in [7, 11) is 1.77. The van der Waals surface area contributed by atoms with Crippen LogP contribution in [-0.2, 0) is 0 Å². The van der Waals surface area contributed by atoms with Gasteiger partial charge in [0.15, 0.2) is 11.5 Å². The Balaban J connectivity index is 1.90. The minimum Gasteiger partial charge on any atom is -0.493 e. The van der Waals surface area contributed by atoms with E-state index in [1.165, 1.54) is 0 Å². The SMILES string of the molecule is CNC(C)(C#N)CCOc1ccc2c(c1)OCO2. The average Bonchev–Trinajstić information content (AvgIpc) is 2.86. The van der Waals surface area contributed by atoms with E-state index in [2.05, 4.69) is 11.4 Å². The quantitative estimate of drug-likeness (QED) is 0.859. The third-order valence-electron chi connectivity index (χ3n) is 3.01. The molecule has 18 heavy (non-hydrogen) atoms. The lowest BCUT2D eigenvalue weighted by Crippen LogP contribution is -2.39. The molecule has 2 rings (SSSR count). The van der Waals surface area contributed by atoms with E-state index >= 15 is 0 Å². The van der Waals surface area contributed by atoms with Gasteiger partial charge in [0.2, 0.25) is 6.79 Å².